The largest absolute Gasteiger partial charge is 0.493 e. The number of carbonyl (C=O) groups excluding carboxylic acids is 3. The quantitative estimate of drug-likeness (QED) is 0.0273. The highest BCUT2D eigenvalue weighted by Gasteiger charge is 2.27. The Morgan fingerprint density at radius 3 is 0.707 bits per heavy atom. The van der Waals surface area contributed by atoms with E-state index in [0.29, 0.717) is 145 Å². The van der Waals surface area contributed by atoms with E-state index in [1.54, 1.807) is 72.8 Å². The van der Waals surface area contributed by atoms with Gasteiger partial charge in [-0.3, -0.25) is 14.4 Å². The van der Waals surface area contributed by atoms with Gasteiger partial charge >= 0.3 is 0 Å². The molecule has 396 valence electrons. The monoisotopic (exact) mass is 1020 g/mol. The lowest BCUT2D eigenvalue weighted by molar-refractivity contribution is 0.101. The van der Waals surface area contributed by atoms with E-state index in [4.69, 9.17) is 62.8 Å². The molecule has 4 aliphatic rings. The normalized spacial score (nSPS) is 12.2. The molecule has 0 atom stereocenters. The van der Waals surface area contributed by atoms with Gasteiger partial charge in [0.05, 0.1) is 56.3 Å². The smallest absolute Gasteiger partial charge is 0.259 e. The summed E-state index contributed by atoms with van der Waals surface area (Å²) in [6.07, 6.45) is 3.02. The third kappa shape index (κ3) is 14.1. The number of hydrogen-bond acceptors (Lipinski definition) is 15. The number of hydrogen-bond donors (Lipinski definition) is 9. The number of carbonyl (C=O) groups is 3. The van der Waals surface area contributed by atoms with Crippen molar-refractivity contribution < 1.29 is 42.8 Å². The van der Waals surface area contributed by atoms with Gasteiger partial charge in [0, 0.05) is 50.4 Å². The van der Waals surface area contributed by atoms with Crippen molar-refractivity contribution in [3.05, 3.63) is 126 Å². The summed E-state index contributed by atoms with van der Waals surface area (Å²) in [5, 5.41) is 9.38. The van der Waals surface area contributed by atoms with Crippen molar-refractivity contribution >= 4 is 34.8 Å². The van der Waals surface area contributed by atoms with Gasteiger partial charge in [-0.25, -0.2) is 0 Å². The molecule has 0 aromatic heterocycles. The van der Waals surface area contributed by atoms with E-state index < -0.39 is 17.7 Å². The van der Waals surface area contributed by atoms with Gasteiger partial charge in [0.1, 0.15) is 34.5 Å². The van der Waals surface area contributed by atoms with Gasteiger partial charge in [0.25, 0.3) is 17.7 Å². The van der Waals surface area contributed by atoms with Crippen LogP contribution in [0, 0.1) is 0 Å². The number of nitrogens with two attached hydrogens (primary N) is 6. The van der Waals surface area contributed by atoms with Crippen molar-refractivity contribution in [1.29, 1.82) is 0 Å². The first-order valence-corrected chi connectivity index (χ1v) is 25.5. The molecule has 0 unspecified atom stereocenters. The average Bonchev–Trinajstić information content (AvgIpc) is 3.42. The van der Waals surface area contributed by atoms with Crippen LogP contribution in [0.4, 0.5) is 17.1 Å². The number of ether oxygens (including phenoxy) is 6. The predicted octanol–water partition coefficient (Wildman–Crippen LogP) is 7.12. The van der Waals surface area contributed by atoms with Gasteiger partial charge in [-0.15, -0.1) is 0 Å². The van der Waals surface area contributed by atoms with Gasteiger partial charge in [-0.05, 0) is 132 Å². The summed E-state index contributed by atoms with van der Waals surface area (Å²) in [6, 6.07) is 31.8. The number of para-hydroxylation sites is 3. The Labute approximate surface area is 437 Å². The zero-order chi connectivity index (χ0) is 52.9. The minimum atomic E-state index is -0.522. The average molecular weight is 1020 g/mol. The Kier molecular flexibility index (Phi) is 20.6. The van der Waals surface area contributed by atoms with Crippen LogP contribution in [0.15, 0.2) is 109 Å². The number of anilines is 3. The van der Waals surface area contributed by atoms with Crippen LogP contribution in [0.5, 0.6) is 34.5 Å². The molecule has 6 aromatic carbocycles. The van der Waals surface area contributed by atoms with Crippen LogP contribution in [-0.4, -0.2) is 96.6 Å². The van der Waals surface area contributed by atoms with E-state index in [2.05, 4.69) is 16.0 Å². The first-order chi connectivity index (χ1) is 36.7. The van der Waals surface area contributed by atoms with Crippen LogP contribution >= 0.6 is 0 Å². The SMILES string of the molecule is NCCCOc1cc2c(OCCCN)cc1C(=O)Nc1ccccc1-c1cc(OCCCN)c(cc1OCCCN)C(=O)Nc1ccccc1-c1cc(OCCCN)c(cc1OCCCN)C(=O)Nc1ccccc1-2. The van der Waals surface area contributed by atoms with Crippen molar-refractivity contribution in [1.82, 2.24) is 0 Å². The van der Waals surface area contributed by atoms with E-state index >= 15 is 0 Å². The van der Waals surface area contributed by atoms with Crippen LogP contribution in [0.2, 0.25) is 0 Å². The summed E-state index contributed by atoms with van der Waals surface area (Å²) < 4.78 is 38.5. The summed E-state index contributed by atoms with van der Waals surface area (Å²) in [6.45, 7) is 3.33. The number of amides is 3. The number of rotatable bonds is 24. The summed E-state index contributed by atoms with van der Waals surface area (Å²) >= 11 is 0. The highest BCUT2D eigenvalue weighted by molar-refractivity contribution is 6.12. The molecule has 18 nitrogen and oxygen atoms in total. The molecule has 4 heterocycles. The number of fused-ring (bicyclic) bond motifs is 2. The maximum Gasteiger partial charge on any atom is 0.259 e. The lowest BCUT2D eigenvalue weighted by Crippen LogP contribution is -2.18. The highest BCUT2D eigenvalue weighted by Crippen LogP contribution is 2.45. The minimum absolute atomic E-state index is 0.156. The predicted molar refractivity (Wildman–Crippen MR) is 294 cm³/mol. The molecule has 10 rings (SSSR count). The Hall–Kier alpha value is -7.71. The van der Waals surface area contributed by atoms with E-state index in [0.717, 1.165) is 0 Å². The van der Waals surface area contributed by atoms with Crippen LogP contribution in [0.25, 0.3) is 33.4 Å². The summed E-state index contributed by atoms with van der Waals surface area (Å²) in [5.74, 6) is 0.129. The van der Waals surface area contributed by atoms with Crippen LogP contribution in [0.3, 0.4) is 0 Å². The van der Waals surface area contributed by atoms with E-state index in [1.807, 2.05) is 36.4 Å². The molecule has 4 aliphatic heterocycles. The Morgan fingerprint density at radius 2 is 0.480 bits per heavy atom. The molecule has 75 heavy (non-hydrogen) atoms. The topological polar surface area (TPSA) is 299 Å². The lowest BCUT2D eigenvalue weighted by atomic mass is 9.97. The van der Waals surface area contributed by atoms with Gasteiger partial charge in [0.2, 0.25) is 0 Å². The first-order valence-electron chi connectivity index (χ1n) is 25.5. The third-order valence-corrected chi connectivity index (χ3v) is 12.0. The van der Waals surface area contributed by atoms with Crippen molar-refractivity contribution in [2.24, 2.45) is 34.4 Å². The molecule has 3 amide bonds. The van der Waals surface area contributed by atoms with E-state index in [-0.39, 0.29) is 73.6 Å². The Bertz CT molecular complexity index is 2590. The second-order valence-corrected chi connectivity index (χ2v) is 17.5. The molecule has 15 N–H and O–H groups in total. The standard InChI is InChI=1S/C57H69N9O9/c58-19-7-25-70-49-34-43-52(73-28-10-22-61)31-40(49)37-13-1-4-16-46(37)64-55(67)44-35-50(71-26-8-20-59)41(32-53(44)74-29-11-23-62)38-14-3-6-18-48(38)66-57(69)45-36-51(72-27-9-21-60)42(33-54(45)75-30-12-24-63)39-15-2-5-17-47(39)65-56(43)68/h1-6,13-18,31-36H,7-12,19-30,58-63H2,(H,64,67)(H,65,68)(H,66,69). The summed E-state index contributed by atoms with van der Waals surface area (Å²) in [5.41, 5.74) is 40.6. The van der Waals surface area contributed by atoms with Crippen LogP contribution in [-0.2, 0) is 0 Å². The molecule has 0 fully saturated rings. The second kappa shape index (κ2) is 28.1. The fourth-order valence-electron chi connectivity index (χ4n) is 8.20. The molecule has 0 saturated carbocycles. The highest BCUT2D eigenvalue weighted by atomic mass is 16.5. The molecular weight excluding hydrogens is 955 g/mol. The minimum Gasteiger partial charge on any atom is -0.493 e. The molecule has 0 spiro atoms. The fraction of sp³-hybridized carbons (Fsp3) is 0.316. The molecule has 0 saturated heterocycles. The lowest BCUT2D eigenvalue weighted by Gasteiger charge is -2.22. The maximum absolute atomic E-state index is 14.9. The van der Waals surface area contributed by atoms with Gasteiger partial charge in [-0.2, -0.15) is 0 Å². The Morgan fingerprint density at radius 1 is 0.280 bits per heavy atom. The summed E-state index contributed by atoms with van der Waals surface area (Å²) in [7, 11) is 0. The molecule has 6 aromatic rings. The van der Waals surface area contributed by atoms with Crippen molar-refractivity contribution in [3.8, 4) is 67.9 Å². The molecule has 18 heteroatoms. The maximum atomic E-state index is 14.9. The first kappa shape index (κ1) is 55.0. The van der Waals surface area contributed by atoms with Gasteiger partial charge in [-0.1, -0.05) is 54.6 Å². The molecule has 6 bridgehead atoms. The second-order valence-electron chi connectivity index (χ2n) is 17.5. The number of benzene rings is 6. The summed E-state index contributed by atoms with van der Waals surface area (Å²) in [4.78, 5) is 44.8. The van der Waals surface area contributed by atoms with Crippen molar-refractivity contribution in [2.75, 3.05) is 94.9 Å². The third-order valence-electron chi connectivity index (χ3n) is 12.0. The molecule has 0 aliphatic carbocycles. The zero-order valence-corrected chi connectivity index (χ0v) is 42.3. The number of nitrogens with one attached hydrogen (secondary N) is 3. The van der Waals surface area contributed by atoms with E-state index in [1.165, 1.54) is 0 Å². The molecule has 0 radical (unpaired) electrons. The van der Waals surface area contributed by atoms with Crippen molar-refractivity contribution in [2.45, 2.75) is 38.5 Å². The van der Waals surface area contributed by atoms with Gasteiger partial charge < -0.3 is 78.8 Å². The fourth-order valence-corrected chi connectivity index (χ4v) is 8.20. The van der Waals surface area contributed by atoms with Gasteiger partial charge in [0.15, 0.2) is 0 Å². The Balaban J connectivity index is 1.53. The van der Waals surface area contributed by atoms with Crippen LogP contribution in [0.1, 0.15) is 69.6 Å². The van der Waals surface area contributed by atoms with E-state index in [9.17, 15) is 14.4 Å². The van der Waals surface area contributed by atoms with Crippen molar-refractivity contribution in [3.63, 3.8) is 0 Å². The van der Waals surface area contributed by atoms with Crippen LogP contribution < -0.4 is 78.8 Å². The molecular formula is C57H69N9O9. The zero-order valence-electron chi connectivity index (χ0n) is 42.3.